The fraction of sp³-hybridized carbons (Fsp3) is 0.462. The van der Waals surface area contributed by atoms with E-state index in [1.807, 2.05) is 80.8 Å². The highest BCUT2D eigenvalue weighted by Crippen LogP contribution is 2.14. The Bertz CT molecular complexity index is 1300. The molecule has 3 rings (SSSR count). The number of allylic oxidation sites excluding steroid dienone is 1. The number of pyridine rings is 2. The van der Waals surface area contributed by atoms with E-state index in [1.54, 1.807) is 6.92 Å². The van der Waals surface area contributed by atoms with Crippen LogP contribution in [0.1, 0.15) is 115 Å². The Kier molecular flexibility index (Phi) is 20.2. The van der Waals surface area contributed by atoms with Crippen molar-refractivity contribution in [2.75, 3.05) is 6.61 Å². The van der Waals surface area contributed by atoms with Gasteiger partial charge in [-0.3, -0.25) is 19.6 Å². The lowest BCUT2D eigenvalue weighted by molar-refractivity contribution is -0.144. The number of unbranched alkanes of at least 4 members (excludes halogenated alkanes) is 1. The first-order valence-electron chi connectivity index (χ1n) is 16.4. The predicted octanol–water partition coefficient (Wildman–Crippen LogP) is 8.76. The van der Waals surface area contributed by atoms with E-state index in [0.29, 0.717) is 49.6 Å². The molecule has 0 radical (unpaired) electrons. The molecular formula is C39H54N2O5. The van der Waals surface area contributed by atoms with Crippen molar-refractivity contribution < 1.29 is 23.9 Å². The first-order chi connectivity index (χ1) is 21.9. The van der Waals surface area contributed by atoms with E-state index < -0.39 is 0 Å². The molecule has 0 fully saturated rings. The summed E-state index contributed by atoms with van der Waals surface area (Å²) in [6.07, 6.45) is 10.4. The number of esters is 2. The van der Waals surface area contributed by atoms with Gasteiger partial charge in [0.05, 0.1) is 18.7 Å². The van der Waals surface area contributed by atoms with Crippen LogP contribution in [0.3, 0.4) is 0 Å². The lowest BCUT2D eigenvalue weighted by Gasteiger charge is -2.07. The van der Waals surface area contributed by atoms with E-state index >= 15 is 0 Å². The summed E-state index contributed by atoms with van der Waals surface area (Å²) in [5, 5.41) is 0. The normalized spacial score (nSPS) is 10.7. The van der Waals surface area contributed by atoms with Gasteiger partial charge in [-0.25, -0.2) is 4.79 Å². The van der Waals surface area contributed by atoms with Gasteiger partial charge in [0.25, 0.3) is 0 Å². The van der Waals surface area contributed by atoms with Crippen LogP contribution in [0.25, 0.3) is 0 Å². The highest BCUT2D eigenvalue weighted by molar-refractivity contribution is 5.81. The van der Waals surface area contributed by atoms with E-state index in [9.17, 15) is 14.4 Å². The fourth-order valence-corrected chi connectivity index (χ4v) is 3.83. The van der Waals surface area contributed by atoms with Crippen LogP contribution in [-0.4, -0.2) is 34.3 Å². The first kappa shape index (κ1) is 39.9. The SMILES string of the molecule is CC(C)c1ccc(CC(=O)OCc2ccccc2)nc1.CCCCC(=O)Cc1ccc(C(C)C)cn1.CCOC(=O)/C=C/C(C)C. The molecule has 0 saturated carbocycles. The van der Waals surface area contributed by atoms with Crippen molar-refractivity contribution in [3.05, 3.63) is 107 Å². The fourth-order valence-electron chi connectivity index (χ4n) is 3.83. The van der Waals surface area contributed by atoms with Crippen molar-refractivity contribution in [2.24, 2.45) is 5.92 Å². The van der Waals surface area contributed by atoms with Crippen molar-refractivity contribution in [3.8, 4) is 0 Å². The van der Waals surface area contributed by atoms with E-state index in [2.05, 4.69) is 55.4 Å². The topological polar surface area (TPSA) is 95.5 Å². The molecule has 0 atom stereocenters. The molecule has 250 valence electrons. The summed E-state index contributed by atoms with van der Waals surface area (Å²) in [6.45, 7) is 17.2. The van der Waals surface area contributed by atoms with Crippen LogP contribution >= 0.6 is 0 Å². The molecule has 1 aromatic carbocycles. The highest BCUT2D eigenvalue weighted by Gasteiger charge is 2.08. The third-order valence-corrected chi connectivity index (χ3v) is 6.69. The van der Waals surface area contributed by atoms with Crippen LogP contribution in [0.4, 0.5) is 0 Å². The third-order valence-electron chi connectivity index (χ3n) is 6.69. The summed E-state index contributed by atoms with van der Waals surface area (Å²) < 4.78 is 9.90. The average molecular weight is 631 g/mol. The highest BCUT2D eigenvalue weighted by atomic mass is 16.5. The van der Waals surface area contributed by atoms with Gasteiger partial charge < -0.3 is 9.47 Å². The van der Waals surface area contributed by atoms with Crippen LogP contribution in [0.5, 0.6) is 0 Å². The number of hydrogen-bond donors (Lipinski definition) is 0. The van der Waals surface area contributed by atoms with E-state index in [0.717, 1.165) is 29.8 Å². The zero-order valence-electron chi connectivity index (χ0n) is 29.1. The van der Waals surface area contributed by atoms with E-state index in [1.165, 1.54) is 17.2 Å². The van der Waals surface area contributed by atoms with E-state index in [-0.39, 0.29) is 18.4 Å². The van der Waals surface area contributed by atoms with Crippen LogP contribution in [0, 0.1) is 5.92 Å². The average Bonchev–Trinajstić information content (AvgIpc) is 3.03. The molecule has 46 heavy (non-hydrogen) atoms. The Morgan fingerprint density at radius 3 is 1.76 bits per heavy atom. The number of carbonyl (C=O) groups excluding carboxylic acids is 3. The van der Waals surface area contributed by atoms with Gasteiger partial charge in [-0.1, -0.05) is 103 Å². The van der Waals surface area contributed by atoms with Crippen molar-refractivity contribution in [3.63, 3.8) is 0 Å². The minimum atomic E-state index is -0.254. The van der Waals surface area contributed by atoms with Gasteiger partial charge >= 0.3 is 11.9 Å². The lowest BCUT2D eigenvalue weighted by atomic mass is 10.0. The number of nitrogens with zero attached hydrogens (tertiary/aromatic N) is 2. The second-order valence-electron chi connectivity index (χ2n) is 12.0. The van der Waals surface area contributed by atoms with Crippen LogP contribution in [-0.2, 0) is 43.3 Å². The Morgan fingerprint density at radius 1 is 0.739 bits per heavy atom. The molecule has 0 amide bonds. The molecule has 0 saturated heterocycles. The van der Waals surface area contributed by atoms with E-state index in [4.69, 9.17) is 4.74 Å². The van der Waals surface area contributed by atoms with Crippen molar-refractivity contribution in [1.29, 1.82) is 0 Å². The van der Waals surface area contributed by atoms with Gasteiger partial charge in [0.2, 0.25) is 0 Å². The van der Waals surface area contributed by atoms with Gasteiger partial charge in [0.15, 0.2) is 0 Å². The standard InChI is InChI=1S/C17H19NO2.C14H21NO.C8H14O2/c1-13(2)15-8-9-16(18-11-15)10-17(19)20-12-14-6-4-3-5-7-14;1-4-5-6-14(16)9-13-8-7-12(10-15-13)11(2)3;1-4-10-8(9)6-5-7(2)3/h3-9,11,13H,10,12H2,1-2H3;7-8,10-11H,4-6,9H2,1-3H3;5-7H,4H2,1-3H3/b;;6-5+. The van der Waals surface area contributed by atoms with Crippen LogP contribution in [0.2, 0.25) is 0 Å². The Labute approximate surface area is 276 Å². The summed E-state index contributed by atoms with van der Waals surface area (Å²) in [7, 11) is 0. The molecule has 0 aliphatic rings. The molecule has 3 aromatic rings. The molecule has 7 nitrogen and oxygen atoms in total. The second kappa shape index (κ2) is 23.2. The minimum absolute atomic E-state index is 0.214. The van der Waals surface area contributed by atoms with Gasteiger partial charge in [0, 0.05) is 37.0 Å². The zero-order chi connectivity index (χ0) is 34.3. The summed E-state index contributed by atoms with van der Waals surface area (Å²) in [5.41, 5.74) is 5.03. The van der Waals surface area contributed by atoms with Crippen LogP contribution in [0.15, 0.2) is 79.1 Å². The van der Waals surface area contributed by atoms with Gasteiger partial charge in [-0.2, -0.15) is 0 Å². The Balaban J connectivity index is 0.000000366. The molecule has 0 aliphatic heterocycles. The molecular weight excluding hydrogens is 576 g/mol. The molecule has 0 aliphatic carbocycles. The number of benzene rings is 1. The molecule has 2 aromatic heterocycles. The number of aromatic nitrogens is 2. The molecule has 7 heteroatoms. The Morgan fingerprint density at radius 2 is 1.30 bits per heavy atom. The number of ether oxygens (including phenoxy) is 2. The number of Topliss-reactive ketones (excluding diaryl/α,β-unsaturated/α-hetero) is 1. The summed E-state index contributed by atoms with van der Waals surface area (Å²) in [5.74, 6) is 1.14. The minimum Gasteiger partial charge on any atom is -0.463 e. The first-order valence-corrected chi connectivity index (χ1v) is 16.4. The van der Waals surface area contributed by atoms with Crippen molar-refractivity contribution >= 4 is 17.7 Å². The number of hydrogen-bond acceptors (Lipinski definition) is 7. The molecule has 0 bridgehead atoms. The quantitative estimate of drug-likeness (QED) is 0.130. The monoisotopic (exact) mass is 630 g/mol. The van der Waals surface area contributed by atoms with Crippen molar-refractivity contribution in [1.82, 2.24) is 9.97 Å². The summed E-state index contributed by atoms with van der Waals surface area (Å²) in [4.78, 5) is 42.6. The number of ketones is 1. The number of rotatable bonds is 14. The largest absolute Gasteiger partial charge is 0.463 e. The van der Waals surface area contributed by atoms with Gasteiger partial charge in [0.1, 0.15) is 12.4 Å². The van der Waals surface area contributed by atoms with Gasteiger partial charge in [-0.05, 0) is 59.9 Å². The van der Waals surface area contributed by atoms with Crippen LogP contribution < -0.4 is 0 Å². The maximum Gasteiger partial charge on any atom is 0.330 e. The summed E-state index contributed by atoms with van der Waals surface area (Å²) in [6, 6.07) is 17.6. The molecule has 2 heterocycles. The Hall–Kier alpha value is -4.13. The van der Waals surface area contributed by atoms with Gasteiger partial charge in [-0.15, -0.1) is 0 Å². The maximum atomic E-state index is 11.7. The molecule has 0 N–H and O–H groups in total. The zero-order valence-corrected chi connectivity index (χ0v) is 29.1. The molecule has 0 spiro atoms. The van der Waals surface area contributed by atoms with Crippen molar-refractivity contribution in [2.45, 2.75) is 106 Å². The lowest BCUT2D eigenvalue weighted by Crippen LogP contribution is -2.09. The summed E-state index contributed by atoms with van der Waals surface area (Å²) >= 11 is 0. The molecule has 0 unspecified atom stereocenters. The third kappa shape index (κ3) is 18.6. The smallest absolute Gasteiger partial charge is 0.330 e. The maximum absolute atomic E-state index is 11.7. The second-order valence-corrected chi connectivity index (χ2v) is 12.0. The number of carbonyl (C=O) groups is 3. The predicted molar refractivity (Wildman–Crippen MR) is 185 cm³/mol.